The van der Waals surface area contributed by atoms with E-state index in [1.165, 1.54) is 13.2 Å². The zero-order chi connectivity index (χ0) is 21.8. The number of nitrogens with zero attached hydrogens (tertiary/aromatic N) is 2. The highest BCUT2D eigenvalue weighted by Gasteiger charge is 2.32. The lowest BCUT2D eigenvalue weighted by atomic mass is 10.00. The van der Waals surface area contributed by atoms with Gasteiger partial charge in [0.2, 0.25) is 5.88 Å². The van der Waals surface area contributed by atoms with E-state index in [4.69, 9.17) is 16.3 Å². The van der Waals surface area contributed by atoms with Crippen molar-refractivity contribution in [2.75, 3.05) is 7.11 Å². The molecule has 9 nitrogen and oxygen atoms in total. The Kier molecular flexibility index (Phi) is 6.24. The van der Waals surface area contributed by atoms with E-state index in [1.807, 2.05) is 0 Å². The first-order valence-electron chi connectivity index (χ1n) is 8.72. The first-order valence-corrected chi connectivity index (χ1v) is 9.10. The van der Waals surface area contributed by atoms with Crippen LogP contribution in [-0.4, -0.2) is 50.2 Å². The van der Waals surface area contributed by atoms with Crippen molar-refractivity contribution in [1.82, 2.24) is 15.1 Å². The van der Waals surface area contributed by atoms with Gasteiger partial charge in [-0.15, -0.1) is 0 Å². The number of aromatic nitrogens is 2. The van der Waals surface area contributed by atoms with Crippen molar-refractivity contribution in [1.29, 1.82) is 0 Å². The number of methoxy groups -OCH3 is 1. The number of para-hydroxylation sites is 2. The molecule has 2 aromatic carbocycles. The van der Waals surface area contributed by atoms with Gasteiger partial charge < -0.3 is 25.4 Å². The molecule has 10 heteroatoms. The number of aliphatic hydroxyl groups is 1. The molecule has 3 aromatic rings. The molecule has 0 aliphatic rings. The number of aliphatic carboxylic acids is 1. The highest BCUT2D eigenvalue weighted by atomic mass is 35.5. The highest BCUT2D eigenvalue weighted by Crippen LogP contribution is 2.29. The summed E-state index contributed by atoms with van der Waals surface area (Å²) in [6, 6.07) is 12.7. The Morgan fingerprint density at radius 2 is 1.83 bits per heavy atom. The topological polar surface area (TPSA) is 134 Å². The minimum Gasteiger partial charge on any atom is -0.496 e. The van der Waals surface area contributed by atoms with E-state index in [-0.39, 0.29) is 22.9 Å². The Hall–Kier alpha value is -3.56. The van der Waals surface area contributed by atoms with Gasteiger partial charge in [-0.05, 0) is 18.2 Å². The predicted octanol–water partition coefficient (Wildman–Crippen LogP) is 2.16. The standard InChI is InChI=1S/C20H18ClN3O6/c1-30-15-9-5-2-6-11(15)17(18(26)20(28)29)22-19(27)13-10-16(25)24(23-13)14-8-4-3-7-12(14)21/h2-10,17-18,25-26H,1H3,(H,22,27)(H,28,29)/t17-,18-/m1/s1. The van der Waals surface area contributed by atoms with Gasteiger partial charge in [-0.3, -0.25) is 4.79 Å². The zero-order valence-corrected chi connectivity index (χ0v) is 16.4. The summed E-state index contributed by atoms with van der Waals surface area (Å²) in [4.78, 5) is 24.2. The summed E-state index contributed by atoms with van der Waals surface area (Å²) in [5, 5.41) is 36.4. The number of halogens is 1. The number of carboxylic acids is 1. The van der Waals surface area contributed by atoms with Crippen molar-refractivity contribution < 1.29 is 29.6 Å². The van der Waals surface area contributed by atoms with Crippen LogP contribution >= 0.6 is 11.6 Å². The molecule has 0 aliphatic heterocycles. The number of carboxylic acid groups (broad SMARTS) is 1. The Morgan fingerprint density at radius 1 is 1.17 bits per heavy atom. The fourth-order valence-electron chi connectivity index (χ4n) is 2.89. The summed E-state index contributed by atoms with van der Waals surface area (Å²) >= 11 is 6.11. The van der Waals surface area contributed by atoms with Crippen LogP contribution in [0.1, 0.15) is 22.1 Å². The third-order valence-electron chi connectivity index (χ3n) is 4.33. The Morgan fingerprint density at radius 3 is 2.50 bits per heavy atom. The van der Waals surface area contributed by atoms with Gasteiger partial charge in [0.1, 0.15) is 5.75 Å². The molecule has 0 aliphatic carbocycles. The molecule has 0 radical (unpaired) electrons. The van der Waals surface area contributed by atoms with Crippen LogP contribution in [0.4, 0.5) is 0 Å². The van der Waals surface area contributed by atoms with Gasteiger partial charge in [-0.2, -0.15) is 9.78 Å². The predicted molar refractivity (Wildman–Crippen MR) is 107 cm³/mol. The van der Waals surface area contributed by atoms with Gasteiger partial charge in [0, 0.05) is 11.6 Å². The lowest BCUT2D eigenvalue weighted by Gasteiger charge is -2.23. The molecule has 1 amide bonds. The van der Waals surface area contributed by atoms with E-state index in [9.17, 15) is 24.9 Å². The van der Waals surface area contributed by atoms with Gasteiger partial charge in [-0.1, -0.05) is 41.9 Å². The SMILES string of the molecule is COc1ccccc1[C@@H](NC(=O)c1cc(O)n(-c2ccccc2Cl)n1)[C@@H](O)C(=O)O. The maximum absolute atomic E-state index is 12.8. The molecule has 0 spiro atoms. The first-order chi connectivity index (χ1) is 14.3. The number of aliphatic hydroxyl groups excluding tert-OH is 1. The second kappa shape index (κ2) is 8.85. The number of carbonyl (C=O) groups is 2. The minimum absolute atomic E-state index is 0.204. The van der Waals surface area contributed by atoms with Crippen LogP contribution in [0.5, 0.6) is 11.6 Å². The maximum Gasteiger partial charge on any atom is 0.335 e. The first kappa shape index (κ1) is 21.2. The van der Waals surface area contributed by atoms with Gasteiger partial charge in [0.05, 0.1) is 23.9 Å². The van der Waals surface area contributed by atoms with Crippen LogP contribution in [0.15, 0.2) is 54.6 Å². The average Bonchev–Trinajstić information content (AvgIpc) is 3.13. The molecule has 4 N–H and O–H groups in total. The smallest absolute Gasteiger partial charge is 0.335 e. The molecule has 0 bridgehead atoms. The van der Waals surface area contributed by atoms with E-state index in [1.54, 1.807) is 42.5 Å². The Balaban J connectivity index is 1.94. The monoisotopic (exact) mass is 431 g/mol. The summed E-state index contributed by atoms with van der Waals surface area (Å²) in [6.45, 7) is 0. The Bertz CT molecular complexity index is 1080. The molecule has 30 heavy (non-hydrogen) atoms. The van der Waals surface area contributed by atoms with Crippen molar-refractivity contribution in [3.8, 4) is 17.3 Å². The van der Waals surface area contributed by atoms with Gasteiger partial charge in [-0.25, -0.2) is 4.79 Å². The Labute approximate surface area is 176 Å². The molecule has 2 atom stereocenters. The molecule has 0 unspecified atom stereocenters. The van der Waals surface area contributed by atoms with Gasteiger partial charge >= 0.3 is 5.97 Å². The molecular formula is C20H18ClN3O6. The lowest BCUT2D eigenvalue weighted by Crippen LogP contribution is -2.40. The highest BCUT2D eigenvalue weighted by molar-refractivity contribution is 6.32. The number of ether oxygens (including phenoxy) is 1. The third kappa shape index (κ3) is 4.22. The number of hydrogen-bond donors (Lipinski definition) is 4. The quantitative estimate of drug-likeness (QED) is 0.450. The van der Waals surface area contributed by atoms with E-state index in [0.29, 0.717) is 10.7 Å². The number of aromatic hydroxyl groups is 1. The van der Waals surface area contributed by atoms with Gasteiger partial charge in [0.15, 0.2) is 11.8 Å². The second-order valence-electron chi connectivity index (χ2n) is 6.23. The lowest BCUT2D eigenvalue weighted by molar-refractivity contribution is -0.148. The number of hydrogen-bond acceptors (Lipinski definition) is 6. The fourth-order valence-corrected chi connectivity index (χ4v) is 3.11. The van der Waals surface area contributed by atoms with Crippen LogP contribution in [-0.2, 0) is 4.79 Å². The van der Waals surface area contributed by atoms with Gasteiger partial charge in [0.25, 0.3) is 5.91 Å². The van der Waals surface area contributed by atoms with Crippen LogP contribution in [0.2, 0.25) is 5.02 Å². The molecular weight excluding hydrogens is 414 g/mol. The van der Waals surface area contributed by atoms with Crippen molar-refractivity contribution in [3.63, 3.8) is 0 Å². The maximum atomic E-state index is 12.8. The van der Waals surface area contributed by atoms with Crippen LogP contribution in [0.25, 0.3) is 5.69 Å². The summed E-state index contributed by atoms with van der Waals surface area (Å²) in [6.07, 6.45) is -1.95. The number of nitrogens with one attached hydrogen (secondary N) is 1. The molecule has 3 rings (SSSR count). The number of benzene rings is 2. The van der Waals surface area contributed by atoms with Crippen molar-refractivity contribution >= 4 is 23.5 Å². The van der Waals surface area contributed by atoms with Crippen LogP contribution < -0.4 is 10.1 Å². The normalized spacial score (nSPS) is 12.8. The van der Waals surface area contributed by atoms with E-state index < -0.39 is 24.0 Å². The van der Waals surface area contributed by atoms with Crippen LogP contribution in [0, 0.1) is 0 Å². The fraction of sp³-hybridized carbons (Fsp3) is 0.150. The number of carbonyl (C=O) groups excluding carboxylic acids is 1. The minimum atomic E-state index is -1.95. The largest absolute Gasteiger partial charge is 0.496 e. The molecule has 1 aromatic heterocycles. The molecule has 0 saturated heterocycles. The van der Waals surface area contributed by atoms with Crippen molar-refractivity contribution in [2.45, 2.75) is 12.1 Å². The van der Waals surface area contributed by atoms with Crippen molar-refractivity contribution in [3.05, 3.63) is 70.9 Å². The molecule has 1 heterocycles. The molecule has 0 fully saturated rings. The zero-order valence-electron chi connectivity index (χ0n) is 15.7. The third-order valence-corrected chi connectivity index (χ3v) is 4.65. The summed E-state index contributed by atoms with van der Waals surface area (Å²) in [7, 11) is 1.38. The van der Waals surface area contributed by atoms with E-state index >= 15 is 0 Å². The van der Waals surface area contributed by atoms with E-state index in [2.05, 4.69) is 10.4 Å². The molecule has 0 saturated carbocycles. The summed E-state index contributed by atoms with van der Waals surface area (Å²) in [5.41, 5.74) is 0.408. The van der Waals surface area contributed by atoms with E-state index in [0.717, 1.165) is 10.7 Å². The van der Waals surface area contributed by atoms with Crippen LogP contribution in [0.3, 0.4) is 0 Å². The summed E-state index contributed by atoms with van der Waals surface area (Å²) < 4.78 is 6.28. The van der Waals surface area contributed by atoms with Crippen molar-refractivity contribution in [2.24, 2.45) is 0 Å². The molecule has 156 valence electrons. The second-order valence-corrected chi connectivity index (χ2v) is 6.63. The average molecular weight is 432 g/mol. The number of rotatable bonds is 7. The summed E-state index contributed by atoms with van der Waals surface area (Å²) in [5.74, 6) is -2.41. The number of amides is 1.